The summed E-state index contributed by atoms with van der Waals surface area (Å²) in [6.45, 7) is 5.26. The van der Waals surface area contributed by atoms with E-state index >= 15 is 0 Å². The van der Waals surface area contributed by atoms with Crippen molar-refractivity contribution >= 4 is 11.9 Å². The normalized spacial score (nSPS) is 26.2. The van der Waals surface area contributed by atoms with E-state index in [9.17, 15) is 9.59 Å². The second-order valence-corrected chi connectivity index (χ2v) is 5.64. The van der Waals surface area contributed by atoms with E-state index < -0.39 is 0 Å². The summed E-state index contributed by atoms with van der Waals surface area (Å²) >= 11 is 0. The number of piperidine rings is 2. The van der Waals surface area contributed by atoms with E-state index in [1.165, 1.54) is 6.42 Å². The quantitative estimate of drug-likeness (QED) is 0.758. The Balaban J connectivity index is 1.85. The number of nitrogens with zero attached hydrogens (tertiary/aromatic N) is 2. The molecule has 0 aromatic rings. The second kappa shape index (κ2) is 5.59. The van der Waals surface area contributed by atoms with Crippen LogP contribution in [0.5, 0.6) is 0 Å². The van der Waals surface area contributed by atoms with Crippen molar-refractivity contribution in [2.24, 2.45) is 17.6 Å². The predicted octanol–water partition coefficient (Wildman–Crippen LogP) is 1.04. The number of rotatable bonds is 1. The van der Waals surface area contributed by atoms with Crippen LogP contribution in [0.25, 0.3) is 0 Å². The summed E-state index contributed by atoms with van der Waals surface area (Å²) in [7, 11) is 0. The van der Waals surface area contributed by atoms with Gasteiger partial charge in [0.05, 0.1) is 0 Å². The molecule has 2 aliphatic heterocycles. The molecule has 0 aromatic carbocycles. The number of hydrogen-bond acceptors (Lipinski definition) is 2. The highest BCUT2D eigenvalue weighted by atomic mass is 16.2. The average Bonchev–Trinajstić information content (AvgIpc) is 2.38. The fourth-order valence-corrected chi connectivity index (χ4v) is 2.92. The first-order chi connectivity index (χ1) is 8.58. The van der Waals surface area contributed by atoms with Gasteiger partial charge in [0.15, 0.2) is 0 Å². The maximum absolute atomic E-state index is 12.3. The maximum Gasteiger partial charge on any atom is 0.320 e. The standard InChI is InChI=1S/C13H23N3O2/c1-10-3-2-6-16(9-10)13(18)15-7-4-11(5-8-15)12(14)17/h10-11H,2-9H2,1H3,(H2,14,17). The van der Waals surface area contributed by atoms with Crippen molar-refractivity contribution < 1.29 is 9.59 Å². The molecule has 5 heteroatoms. The van der Waals surface area contributed by atoms with Gasteiger partial charge in [-0.3, -0.25) is 4.79 Å². The van der Waals surface area contributed by atoms with Gasteiger partial charge < -0.3 is 15.5 Å². The second-order valence-electron chi connectivity index (χ2n) is 5.64. The molecule has 0 saturated carbocycles. The van der Waals surface area contributed by atoms with E-state index in [1.54, 1.807) is 0 Å². The third kappa shape index (κ3) is 2.94. The molecular formula is C13H23N3O2. The molecule has 102 valence electrons. The first-order valence-corrected chi connectivity index (χ1v) is 6.91. The highest BCUT2D eigenvalue weighted by Gasteiger charge is 2.30. The Morgan fingerprint density at radius 1 is 1.06 bits per heavy atom. The molecule has 2 aliphatic rings. The molecule has 0 bridgehead atoms. The van der Waals surface area contributed by atoms with Gasteiger partial charge in [0.25, 0.3) is 0 Å². The predicted molar refractivity (Wildman–Crippen MR) is 68.9 cm³/mol. The SMILES string of the molecule is CC1CCCN(C(=O)N2CCC(C(N)=O)CC2)C1. The highest BCUT2D eigenvalue weighted by Crippen LogP contribution is 2.21. The van der Waals surface area contributed by atoms with E-state index in [4.69, 9.17) is 5.73 Å². The fourth-order valence-electron chi connectivity index (χ4n) is 2.92. The Hall–Kier alpha value is -1.26. The Labute approximate surface area is 108 Å². The van der Waals surface area contributed by atoms with Crippen LogP contribution in [0.2, 0.25) is 0 Å². The lowest BCUT2D eigenvalue weighted by molar-refractivity contribution is -0.123. The molecule has 5 nitrogen and oxygen atoms in total. The van der Waals surface area contributed by atoms with E-state index in [1.807, 2.05) is 9.80 Å². The molecule has 0 aliphatic carbocycles. The molecule has 2 heterocycles. The molecule has 2 fully saturated rings. The van der Waals surface area contributed by atoms with Crippen molar-refractivity contribution in [3.8, 4) is 0 Å². The van der Waals surface area contributed by atoms with Gasteiger partial charge in [-0.2, -0.15) is 0 Å². The lowest BCUT2D eigenvalue weighted by Gasteiger charge is -2.38. The lowest BCUT2D eigenvalue weighted by Crippen LogP contribution is -2.50. The monoisotopic (exact) mass is 253 g/mol. The minimum absolute atomic E-state index is 0.0469. The van der Waals surface area contributed by atoms with E-state index in [0.717, 1.165) is 19.5 Å². The Kier molecular flexibility index (Phi) is 4.09. The van der Waals surface area contributed by atoms with Crippen LogP contribution in [-0.4, -0.2) is 47.9 Å². The van der Waals surface area contributed by atoms with Crippen molar-refractivity contribution in [2.45, 2.75) is 32.6 Å². The zero-order valence-electron chi connectivity index (χ0n) is 11.1. The lowest BCUT2D eigenvalue weighted by atomic mass is 9.96. The van der Waals surface area contributed by atoms with Gasteiger partial charge in [-0.1, -0.05) is 6.92 Å². The molecule has 0 spiro atoms. The molecule has 2 rings (SSSR count). The summed E-state index contributed by atoms with van der Waals surface area (Å²) in [5, 5.41) is 0. The van der Waals surface area contributed by atoms with Crippen molar-refractivity contribution in [2.75, 3.05) is 26.2 Å². The summed E-state index contributed by atoms with van der Waals surface area (Å²) in [6.07, 6.45) is 3.74. The molecular weight excluding hydrogens is 230 g/mol. The molecule has 3 amide bonds. The summed E-state index contributed by atoms with van der Waals surface area (Å²) in [5.41, 5.74) is 5.30. The van der Waals surface area contributed by atoms with Gasteiger partial charge in [0.1, 0.15) is 0 Å². The van der Waals surface area contributed by atoms with Gasteiger partial charge in [0, 0.05) is 32.1 Å². The third-order valence-corrected chi connectivity index (χ3v) is 4.10. The zero-order chi connectivity index (χ0) is 13.1. The van der Waals surface area contributed by atoms with Gasteiger partial charge in [-0.15, -0.1) is 0 Å². The summed E-state index contributed by atoms with van der Waals surface area (Å²) in [4.78, 5) is 27.2. The number of carbonyl (C=O) groups excluding carboxylic acids is 2. The van der Waals surface area contributed by atoms with Crippen molar-refractivity contribution in [1.29, 1.82) is 0 Å². The van der Waals surface area contributed by atoms with Gasteiger partial charge in [0.2, 0.25) is 5.91 Å². The van der Waals surface area contributed by atoms with E-state index in [0.29, 0.717) is 31.8 Å². The van der Waals surface area contributed by atoms with Crippen molar-refractivity contribution in [1.82, 2.24) is 9.80 Å². The molecule has 2 saturated heterocycles. The largest absolute Gasteiger partial charge is 0.369 e. The molecule has 1 atom stereocenters. The van der Waals surface area contributed by atoms with Gasteiger partial charge in [-0.25, -0.2) is 4.79 Å². The van der Waals surface area contributed by atoms with Gasteiger partial charge in [-0.05, 0) is 31.6 Å². The number of carbonyl (C=O) groups is 2. The van der Waals surface area contributed by atoms with Crippen molar-refractivity contribution in [3.63, 3.8) is 0 Å². The number of amides is 3. The Morgan fingerprint density at radius 3 is 2.28 bits per heavy atom. The summed E-state index contributed by atoms with van der Waals surface area (Å²) in [6, 6.07) is 0.143. The summed E-state index contributed by atoms with van der Waals surface area (Å²) < 4.78 is 0. The minimum atomic E-state index is -0.228. The molecule has 2 N–H and O–H groups in total. The average molecular weight is 253 g/mol. The van der Waals surface area contributed by atoms with Crippen LogP contribution in [-0.2, 0) is 4.79 Å². The van der Waals surface area contributed by atoms with E-state index in [-0.39, 0.29) is 17.9 Å². The molecule has 18 heavy (non-hydrogen) atoms. The highest BCUT2D eigenvalue weighted by molar-refractivity contribution is 5.78. The van der Waals surface area contributed by atoms with Crippen LogP contribution in [0, 0.1) is 11.8 Å². The third-order valence-electron chi connectivity index (χ3n) is 4.10. The summed E-state index contributed by atoms with van der Waals surface area (Å²) in [5.74, 6) is 0.328. The van der Waals surface area contributed by atoms with E-state index in [2.05, 4.69) is 6.92 Å². The number of urea groups is 1. The Morgan fingerprint density at radius 2 is 1.72 bits per heavy atom. The number of hydrogen-bond donors (Lipinski definition) is 1. The van der Waals surface area contributed by atoms with Crippen LogP contribution in [0.15, 0.2) is 0 Å². The number of likely N-dealkylation sites (tertiary alicyclic amines) is 2. The Bertz CT molecular complexity index is 324. The van der Waals surface area contributed by atoms with Crippen LogP contribution in [0.1, 0.15) is 32.6 Å². The van der Waals surface area contributed by atoms with Gasteiger partial charge >= 0.3 is 6.03 Å². The van der Waals surface area contributed by atoms with Crippen LogP contribution >= 0.6 is 0 Å². The van der Waals surface area contributed by atoms with Crippen LogP contribution in [0.3, 0.4) is 0 Å². The maximum atomic E-state index is 12.3. The van der Waals surface area contributed by atoms with Crippen molar-refractivity contribution in [3.05, 3.63) is 0 Å². The van der Waals surface area contributed by atoms with Crippen LogP contribution < -0.4 is 5.73 Å². The first kappa shape index (κ1) is 13.2. The molecule has 1 unspecified atom stereocenters. The molecule has 0 aromatic heterocycles. The zero-order valence-corrected chi connectivity index (χ0v) is 11.1. The minimum Gasteiger partial charge on any atom is -0.369 e. The fraction of sp³-hybridized carbons (Fsp3) is 0.846. The van der Waals surface area contributed by atoms with Crippen LogP contribution in [0.4, 0.5) is 4.79 Å². The molecule has 0 radical (unpaired) electrons. The topological polar surface area (TPSA) is 66.6 Å². The number of nitrogens with two attached hydrogens (primary N) is 1. The number of primary amides is 1. The first-order valence-electron chi connectivity index (χ1n) is 6.91. The smallest absolute Gasteiger partial charge is 0.320 e.